The molecule has 0 radical (unpaired) electrons. The molecule has 41 heavy (non-hydrogen) atoms. The number of carbonyl (C=O) groups is 3. The van der Waals surface area contributed by atoms with Crippen LogP contribution in [0.2, 0.25) is 0 Å². The fourth-order valence-corrected chi connectivity index (χ4v) is 3.86. The van der Waals surface area contributed by atoms with E-state index in [9.17, 15) is 14.4 Å². The molecule has 12 nitrogen and oxygen atoms in total. The largest absolute Gasteiger partial charge is 0.493 e. The fraction of sp³-hybridized carbons (Fsp3) is 0.483. The topological polar surface area (TPSA) is 149 Å². The van der Waals surface area contributed by atoms with Gasteiger partial charge in [-0.1, -0.05) is 36.2 Å². The number of methoxy groups -OCH3 is 1. The molecule has 0 atom stereocenters. The minimum absolute atomic E-state index is 0.0111. The van der Waals surface area contributed by atoms with Crippen molar-refractivity contribution in [1.29, 1.82) is 0 Å². The molecule has 1 heterocycles. The molecular formula is C29H36N4O8. The molecule has 0 bridgehead atoms. The Balaban J connectivity index is 1.40. The zero-order valence-corrected chi connectivity index (χ0v) is 23.7. The molecule has 2 aromatic rings. The minimum atomic E-state index is -0.875. The first-order valence-electron chi connectivity index (χ1n) is 13.6. The van der Waals surface area contributed by atoms with E-state index in [0.29, 0.717) is 30.3 Å². The first kappa shape index (κ1) is 31.2. The minimum Gasteiger partial charge on any atom is -0.493 e. The van der Waals surface area contributed by atoms with Gasteiger partial charge in [-0.2, -0.15) is 0 Å². The summed E-state index contributed by atoms with van der Waals surface area (Å²) in [5, 5.41) is 15.0. The number of nitrogens with zero attached hydrogens (tertiary/aromatic N) is 4. The number of hydrogen-bond acceptors (Lipinski definition) is 12. The van der Waals surface area contributed by atoms with Gasteiger partial charge < -0.3 is 23.7 Å². The second-order valence-corrected chi connectivity index (χ2v) is 9.62. The molecule has 1 aromatic carbocycles. The number of ether oxygens (including phenoxy) is 5. The number of hydrogen-bond donors (Lipinski definition) is 0. The van der Waals surface area contributed by atoms with Gasteiger partial charge in [0.25, 0.3) is 5.82 Å². The van der Waals surface area contributed by atoms with Crippen molar-refractivity contribution in [2.24, 2.45) is 5.92 Å². The Morgan fingerprint density at radius 1 is 1.00 bits per heavy atom. The van der Waals surface area contributed by atoms with E-state index in [1.807, 2.05) is 0 Å². The molecule has 12 heteroatoms. The van der Waals surface area contributed by atoms with E-state index < -0.39 is 11.9 Å². The maximum absolute atomic E-state index is 12.5. The summed E-state index contributed by atoms with van der Waals surface area (Å²) in [6.07, 6.45) is 9.06. The molecule has 1 aliphatic rings. The number of aromatic nitrogens is 4. The maximum atomic E-state index is 12.5. The van der Waals surface area contributed by atoms with Gasteiger partial charge in [-0.25, -0.2) is 14.4 Å². The molecule has 220 valence electrons. The van der Waals surface area contributed by atoms with Crippen molar-refractivity contribution < 1.29 is 38.1 Å². The summed E-state index contributed by atoms with van der Waals surface area (Å²) in [6, 6.07) is 4.74. The van der Waals surface area contributed by atoms with Crippen LogP contribution in [0.3, 0.4) is 0 Å². The van der Waals surface area contributed by atoms with Crippen LogP contribution < -0.4 is 14.2 Å². The van der Waals surface area contributed by atoms with Crippen molar-refractivity contribution in [1.82, 2.24) is 20.4 Å². The fourth-order valence-electron chi connectivity index (χ4n) is 3.86. The molecule has 3 rings (SSSR count). The van der Waals surface area contributed by atoms with Crippen molar-refractivity contribution in [3.8, 4) is 17.5 Å². The second-order valence-electron chi connectivity index (χ2n) is 9.62. The molecule has 1 saturated carbocycles. The highest BCUT2D eigenvalue weighted by molar-refractivity contribution is 5.88. The lowest BCUT2D eigenvalue weighted by atomic mass is 9.80. The van der Waals surface area contributed by atoms with E-state index in [4.69, 9.17) is 23.7 Å². The first-order valence-corrected chi connectivity index (χ1v) is 13.6. The third kappa shape index (κ3) is 10.3. The summed E-state index contributed by atoms with van der Waals surface area (Å²) in [6.45, 7) is 7.96. The van der Waals surface area contributed by atoms with Gasteiger partial charge in [0.05, 0.1) is 20.3 Å². The number of carbonyl (C=O) groups excluding carboxylic acids is 3. The van der Waals surface area contributed by atoms with Gasteiger partial charge in [0, 0.05) is 11.6 Å². The number of benzene rings is 1. The average molecular weight is 569 g/mol. The van der Waals surface area contributed by atoms with Gasteiger partial charge in [0.15, 0.2) is 11.5 Å². The normalized spacial score (nSPS) is 16.0. The Hall–Kier alpha value is -4.35. The molecular weight excluding hydrogens is 532 g/mol. The van der Waals surface area contributed by atoms with Gasteiger partial charge in [-0.15, -0.1) is 10.2 Å². The first-order chi connectivity index (χ1) is 19.8. The number of esters is 3. The van der Waals surface area contributed by atoms with Gasteiger partial charge >= 0.3 is 23.9 Å². The van der Waals surface area contributed by atoms with Crippen molar-refractivity contribution in [2.75, 3.05) is 20.3 Å². The van der Waals surface area contributed by atoms with Crippen LogP contribution in [-0.4, -0.2) is 64.7 Å². The summed E-state index contributed by atoms with van der Waals surface area (Å²) in [5.41, 5.74) is 1.04. The van der Waals surface area contributed by atoms with Gasteiger partial charge in [-0.3, -0.25) is 0 Å². The highest BCUT2D eigenvalue weighted by atomic mass is 16.6. The third-order valence-electron chi connectivity index (χ3n) is 6.35. The van der Waals surface area contributed by atoms with E-state index >= 15 is 0 Å². The zero-order chi connectivity index (χ0) is 29.6. The Morgan fingerprint density at radius 2 is 1.71 bits per heavy atom. The van der Waals surface area contributed by atoms with E-state index in [1.54, 1.807) is 25.1 Å². The quantitative estimate of drug-likeness (QED) is 0.123. The van der Waals surface area contributed by atoms with Crippen LogP contribution in [0.15, 0.2) is 36.4 Å². The van der Waals surface area contributed by atoms with Crippen LogP contribution in [0.25, 0.3) is 6.08 Å². The number of rotatable bonds is 16. The van der Waals surface area contributed by atoms with Gasteiger partial charge in [0.2, 0.25) is 0 Å². The van der Waals surface area contributed by atoms with Crippen molar-refractivity contribution in [3.05, 3.63) is 47.8 Å². The van der Waals surface area contributed by atoms with E-state index in [0.717, 1.165) is 44.9 Å². The predicted molar refractivity (Wildman–Crippen MR) is 147 cm³/mol. The monoisotopic (exact) mass is 568 g/mol. The smallest absolute Gasteiger partial charge is 0.385 e. The van der Waals surface area contributed by atoms with Crippen molar-refractivity contribution in [3.63, 3.8) is 0 Å². The lowest BCUT2D eigenvalue weighted by Crippen LogP contribution is -2.32. The van der Waals surface area contributed by atoms with E-state index in [-0.39, 0.29) is 35.4 Å². The molecule has 1 aliphatic carbocycles. The van der Waals surface area contributed by atoms with Crippen LogP contribution in [0.4, 0.5) is 0 Å². The molecule has 0 unspecified atom stereocenters. The van der Waals surface area contributed by atoms with Crippen LogP contribution in [0.5, 0.6) is 17.5 Å². The van der Waals surface area contributed by atoms with Crippen LogP contribution in [0.1, 0.15) is 75.0 Å². The van der Waals surface area contributed by atoms with Crippen LogP contribution in [-0.2, 0) is 19.1 Å². The Bertz CT molecular complexity index is 1230. The van der Waals surface area contributed by atoms with Crippen molar-refractivity contribution >= 4 is 24.0 Å². The van der Waals surface area contributed by atoms with Crippen LogP contribution >= 0.6 is 0 Å². The molecule has 0 amide bonds. The average Bonchev–Trinajstić information content (AvgIpc) is 2.95. The highest BCUT2D eigenvalue weighted by Gasteiger charge is 2.30. The summed E-state index contributed by atoms with van der Waals surface area (Å²) in [7, 11) is 1.43. The molecule has 0 saturated heterocycles. The van der Waals surface area contributed by atoms with Gasteiger partial charge in [-0.05, 0) is 75.1 Å². The SMILES string of the molecule is C=C(C)C(=O)OCCCCCCOc1nnc(C(=O)Oc2ccc(/C=C/C(=O)OC3CC(CC)C3)cc2OC)nn1. The van der Waals surface area contributed by atoms with Crippen LogP contribution in [0, 0.1) is 5.92 Å². The standard InChI is InChI=1S/C29H36N4O8/c1-5-20-16-22(17-20)40-25(34)13-11-21-10-12-23(24(18-21)37-4)41-28(36)26-30-32-29(33-31-26)39-15-9-7-6-8-14-38-27(35)19(2)3/h10-13,18,20,22H,2,5-9,14-17H2,1,3-4H3/b13-11+. The Kier molecular flexibility index (Phi) is 12.2. The molecule has 0 aliphatic heterocycles. The maximum Gasteiger partial charge on any atom is 0.385 e. The summed E-state index contributed by atoms with van der Waals surface area (Å²) in [4.78, 5) is 35.9. The zero-order valence-electron chi connectivity index (χ0n) is 23.7. The lowest BCUT2D eigenvalue weighted by molar-refractivity contribution is -0.149. The summed E-state index contributed by atoms with van der Waals surface area (Å²) in [5.74, 6) is -0.963. The third-order valence-corrected chi connectivity index (χ3v) is 6.35. The predicted octanol–water partition coefficient (Wildman–Crippen LogP) is 4.30. The number of unbranched alkanes of at least 4 members (excludes halogenated alkanes) is 3. The van der Waals surface area contributed by atoms with Gasteiger partial charge in [0.1, 0.15) is 6.10 Å². The summed E-state index contributed by atoms with van der Waals surface area (Å²) >= 11 is 0. The van der Waals surface area contributed by atoms with E-state index in [1.165, 1.54) is 19.3 Å². The van der Waals surface area contributed by atoms with Crippen molar-refractivity contribution in [2.45, 2.75) is 64.9 Å². The van der Waals surface area contributed by atoms with E-state index in [2.05, 4.69) is 33.9 Å². The molecule has 0 N–H and O–H groups in total. The lowest BCUT2D eigenvalue weighted by Gasteiger charge is -2.33. The molecule has 1 fully saturated rings. The molecule has 1 aromatic heterocycles. The molecule has 0 spiro atoms. The second kappa shape index (κ2) is 16.0. The summed E-state index contributed by atoms with van der Waals surface area (Å²) < 4.78 is 26.5. The Labute approximate surface area is 239 Å². The highest BCUT2D eigenvalue weighted by Crippen LogP contribution is 2.32. The Morgan fingerprint density at radius 3 is 2.37 bits per heavy atom.